The van der Waals surface area contributed by atoms with Gasteiger partial charge in [-0.25, -0.2) is 0 Å². The second-order valence-electron chi connectivity index (χ2n) is 2.88. The van der Waals surface area contributed by atoms with E-state index in [-0.39, 0.29) is 5.91 Å². The third-order valence-corrected chi connectivity index (χ3v) is 2.98. The van der Waals surface area contributed by atoms with E-state index in [0.717, 1.165) is 19.4 Å². The Morgan fingerprint density at radius 2 is 2.17 bits per heavy atom. The van der Waals surface area contributed by atoms with Crippen LogP contribution in [0.1, 0.15) is 33.6 Å². The van der Waals surface area contributed by atoms with Crippen LogP contribution in [-0.4, -0.2) is 23.5 Å². The van der Waals surface area contributed by atoms with Crippen molar-refractivity contribution in [1.82, 2.24) is 5.32 Å². The van der Waals surface area contributed by atoms with Crippen LogP contribution in [0, 0.1) is 0 Å². The SMILES string of the molecule is CCCNC(=O)CS[C@H](C)CC. The van der Waals surface area contributed by atoms with E-state index in [0.29, 0.717) is 11.0 Å². The Labute approximate surface area is 79.5 Å². The van der Waals surface area contributed by atoms with Gasteiger partial charge in [-0.2, -0.15) is 0 Å². The Bertz CT molecular complexity index is 128. The average Bonchev–Trinajstić information content (AvgIpc) is 2.10. The number of carbonyl (C=O) groups excluding carboxylic acids is 1. The summed E-state index contributed by atoms with van der Waals surface area (Å²) in [5.41, 5.74) is 0. The second kappa shape index (κ2) is 7.47. The van der Waals surface area contributed by atoms with Crippen molar-refractivity contribution >= 4 is 17.7 Å². The fraction of sp³-hybridized carbons (Fsp3) is 0.889. The average molecular weight is 189 g/mol. The predicted molar refractivity (Wildman–Crippen MR) is 55.5 cm³/mol. The van der Waals surface area contributed by atoms with Crippen molar-refractivity contribution in [3.05, 3.63) is 0 Å². The Kier molecular flexibility index (Phi) is 7.36. The first kappa shape index (κ1) is 11.8. The summed E-state index contributed by atoms with van der Waals surface area (Å²) in [6.07, 6.45) is 2.14. The zero-order valence-electron chi connectivity index (χ0n) is 8.22. The van der Waals surface area contributed by atoms with Gasteiger partial charge in [-0.15, -0.1) is 11.8 Å². The molecule has 0 saturated carbocycles. The molecular weight excluding hydrogens is 170 g/mol. The molecular formula is C9H19NOS. The molecule has 12 heavy (non-hydrogen) atoms. The van der Waals surface area contributed by atoms with Crippen LogP contribution in [0.5, 0.6) is 0 Å². The monoisotopic (exact) mass is 189 g/mol. The highest BCUT2D eigenvalue weighted by atomic mass is 32.2. The molecule has 0 aromatic rings. The van der Waals surface area contributed by atoms with Crippen molar-refractivity contribution in [2.45, 2.75) is 38.9 Å². The van der Waals surface area contributed by atoms with Gasteiger partial charge >= 0.3 is 0 Å². The van der Waals surface area contributed by atoms with Gasteiger partial charge < -0.3 is 5.32 Å². The van der Waals surface area contributed by atoms with Crippen molar-refractivity contribution in [2.24, 2.45) is 0 Å². The van der Waals surface area contributed by atoms with Gasteiger partial charge in [-0.05, 0) is 12.8 Å². The molecule has 0 bridgehead atoms. The van der Waals surface area contributed by atoms with E-state index < -0.39 is 0 Å². The molecule has 0 aromatic heterocycles. The van der Waals surface area contributed by atoms with Gasteiger partial charge in [0.2, 0.25) is 5.91 Å². The van der Waals surface area contributed by atoms with Crippen LogP contribution in [0.15, 0.2) is 0 Å². The van der Waals surface area contributed by atoms with Crippen LogP contribution in [-0.2, 0) is 4.79 Å². The minimum absolute atomic E-state index is 0.169. The molecule has 0 heterocycles. The van der Waals surface area contributed by atoms with Crippen molar-refractivity contribution < 1.29 is 4.79 Å². The first-order valence-electron chi connectivity index (χ1n) is 4.59. The molecule has 0 aliphatic heterocycles. The van der Waals surface area contributed by atoms with Gasteiger partial charge in [0, 0.05) is 11.8 Å². The number of hydrogen-bond donors (Lipinski definition) is 1. The predicted octanol–water partition coefficient (Wildman–Crippen LogP) is 2.04. The number of hydrogen-bond acceptors (Lipinski definition) is 2. The van der Waals surface area contributed by atoms with Crippen LogP contribution in [0.25, 0.3) is 0 Å². The minimum Gasteiger partial charge on any atom is -0.355 e. The first-order valence-corrected chi connectivity index (χ1v) is 5.63. The number of rotatable bonds is 6. The third-order valence-electron chi connectivity index (χ3n) is 1.65. The lowest BCUT2D eigenvalue weighted by Gasteiger charge is -2.07. The molecule has 0 aliphatic rings. The Hall–Kier alpha value is -0.180. The molecule has 1 N–H and O–H groups in total. The summed E-state index contributed by atoms with van der Waals surface area (Å²) >= 11 is 1.72. The van der Waals surface area contributed by atoms with E-state index >= 15 is 0 Å². The molecule has 0 aliphatic carbocycles. The standard InChI is InChI=1S/C9H19NOS/c1-4-6-10-9(11)7-12-8(3)5-2/h8H,4-7H2,1-3H3,(H,10,11)/t8-/m1/s1. The van der Waals surface area contributed by atoms with Crippen LogP contribution >= 0.6 is 11.8 Å². The smallest absolute Gasteiger partial charge is 0.230 e. The lowest BCUT2D eigenvalue weighted by molar-refractivity contribution is -0.118. The van der Waals surface area contributed by atoms with Gasteiger partial charge in [0.05, 0.1) is 5.75 Å². The lowest BCUT2D eigenvalue weighted by Crippen LogP contribution is -2.26. The molecule has 0 radical (unpaired) electrons. The molecule has 0 fully saturated rings. The van der Waals surface area contributed by atoms with Crippen molar-refractivity contribution in [3.8, 4) is 0 Å². The van der Waals surface area contributed by atoms with Crippen LogP contribution in [0.4, 0.5) is 0 Å². The molecule has 72 valence electrons. The van der Waals surface area contributed by atoms with Crippen LogP contribution < -0.4 is 5.32 Å². The van der Waals surface area contributed by atoms with Gasteiger partial charge in [0.15, 0.2) is 0 Å². The highest BCUT2D eigenvalue weighted by Crippen LogP contribution is 2.12. The zero-order valence-corrected chi connectivity index (χ0v) is 9.04. The molecule has 3 heteroatoms. The molecule has 1 amide bonds. The molecule has 0 spiro atoms. The molecule has 0 saturated heterocycles. The molecule has 1 atom stereocenters. The highest BCUT2D eigenvalue weighted by molar-refractivity contribution is 8.00. The first-order chi connectivity index (χ1) is 5.70. The normalized spacial score (nSPS) is 12.6. The summed E-state index contributed by atoms with van der Waals surface area (Å²) in [6.45, 7) is 7.15. The Morgan fingerprint density at radius 3 is 2.67 bits per heavy atom. The summed E-state index contributed by atoms with van der Waals surface area (Å²) in [5, 5.41) is 3.45. The van der Waals surface area contributed by atoms with Crippen molar-refractivity contribution in [3.63, 3.8) is 0 Å². The fourth-order valence-corrected chi connectivity index (χ4v) is 1.42. The molecule has 2 nitrogen and oxygen atoms in total. The number of carbonyl (C=O) groups is 1. The van der Waals surface area contributed by atoms with E-state index in [1.165, 1.54) is 0 Å². The fourth-order valence-electron chi connectivity index (χ4n) is 0.651. The maximum absolute atomic E-state index is 11.1. The summed E-state index contributed by atoms with van der Waals surface area (Å²) < 4.78 is 0. The number of thioether (sulfide) groups is 1. The topological polar surface area (TPSA) is 29.1 Å². The molecule has 0 aromatic carbocycles. The van der Waals surface area contributed by atoms with Gasteiger partial charge in [0.25, 0.3) is 0 Å². The maximum atomic E-state index is 11.1. The number of amides is 1. The Morgan fingerprint density at radius 1 is 1.50 bits per heavy atom. The summed E-state index contributed by atoms with van der Waals surface area (Å²) in [4.78, 5) is 11.1. The zero-order chi connectivity index (χ0) is 9.40. The second-order valence-corrected chi connectivity index (χ2v) is 4.31. The number of nitrogens with one attached hydrogen (secondary N) is 1. The van der Waals surface area contributed by atoms with E-state index in [2.05, 4.69) is 26.1 Å². The minimum atomic E-state index is 0.169. The molecule has 0 rings (SSSR count). The largest absolute Gasteiger partial charge is 0.355 e. The Balaban J connectivity index is 3.31. The summed E-state index contributed by atoms with van der Waals surface area (Å²) in [5.74, 6) is 0.775. The van der Waals surface area contributed by atoms with Gasteiger partial charge in [-0.1, -0.05) is 20.8 Å². The van der Waals surface area contributed by atoms with Crippen LogP contribution in [0.2, 0.25) is 0 Å². The van der Waals surface area contributed by atoms with E-state index in [4.69, 9.17) is 0 Å². The van der Waals surface area contributed by atoms with Crippen molar-refractivity contribution in [1.29, 1.82) is 0 Å². The lowest BCUT2D eigenvalue weighted by atomic mass is 10.4. The van der Waals surface area contributed by atoms with Gasteiger partial charge in [-0.3, -0.25) is 4.79 Å². The van der Waals surface area contributed by atoms with Crippen molar-refractivity contribution in [2.75, 3.05) is 12.3 Å². The van der Waals surface area contributed by atoms with E-state index in [1.807, 2.05) is 0 Å². The van der Waals surface area contributed by atoms with E-state index in [9.17, 15) is 4.79 Å². The quantitative estimate of drug-likeness (QED) is 0.693. The molecule has 0 unspecified atom stereocenters. The summed E-state index contributed by atoms with van der Waals surface area (Å²) in [7, 11) is 0. The van der Waals surface area contributed by atoms with E-state index in [1.54, 1.807) is 11.8 Å². The van der Waals surface area contributed by atoms with Gasteiger partial charge in [0.1, 0.15) is 0 Å². The highest BCUT2D eigenvalue weighted by Gasteiger charge is 2.03. The summed E-state index contributed by atoms with van der Waals surface area (Å²) in [6, 6.07) is 0. The third kappa shape index (κ3) is 6.53. The maximum Gasteiger partial charge on any atom is 0.230 e. The van der Waals surface area contributed by atoms with Crippen LogP contribution in [0.3, 0.4) is 0 Å².